The monoisotopic (exact) mass is 435 g/mol. The minimum atomic E-state index is -0.385. The molecule has 150 valence electrons. The summed E-state index contributed by atoms with van der Waals surface area (Å²) in [5.41, 5.74) is 0. The van der Waals surface area contributed by atoms with E-state index in [1.807, 2.05) is 0 Å². The molecular formula is C15H21N3O6S3. The Hall–Kier alpha value is -1.53. The average molecular weight is 436 g/mol. The van der Waals surface area contributed by atoms with Crippen molar-refractivity contribution in [3.63, 3.8) is 0 Å². The summed E-state index contributed by atoms with van der Waals surface area (Å²) in [6.45, 7) is 6.03. The molecule has 1 aromatic rings. The summed E-state index contributed by atoms with van der Waals surface area (Å²) in [6.07, 6.45) is 0. The van der Waals surface area contributed by atoms with Crippen LogP contribution in [0.25, 0.3) is 0 Å². The molecular weight excluding hydrogens is 414 g/mol. The van der Waals surface area contributed by atoms with Gasteiger partial charge in [-0.05, 0) is 20.8 Å². The van der Waals surface area contributed by atoms with Gasteiger partial charge in [0.15, 0.2) is 15.5 Å². The first kappa shape index (κ1) is 23.5. The molecule has 0 atom stereocenters. The van der Waals surface area contributed by atoms with Gasteiger partial charge < -0.3 is 14.2 Å². The molecule has 0 aliphatic heterocycles. The summed E-state index contributed by atoms with van der Waals surface area (Å²) in [4.78, 5) is 47.2. The largest absolute Gasteiger partial charge is 0.465 e. The minimum Gasteiger partial charge on any atom is -0.465 e. The van der Waals surface area contributed by atoms with Gasteiger partial charge in [0, 0.05) is 0 Å². The van der Waals surface area contributed by atoms with E-state index in [4.69, 9.17) is 14.2 Å². The highest BCUT2D eigenvalue weighted by molar-refractivity contribution is 8.01. The third-order valence-electron chi connectivity index (χ3n) is 2.45. The molecule has 0 radical (unpaired) electrons. The van der Waals surface area contributed by atoms with E-state index in [9.17, 15) is 14.4 Å². The van der Waals surface area contributed by atoms with Crippen LogP contribution in [-0.4, -0.2) is 69.9 Å². The van der Waals surface area contributed by atoms with Gasteiger partial charge >= 0.3 is 17.9 Å². The summed E-state index contributed by atoms with van der Waals surface area (Å²) < 4.78 is 14.6. The number of esters is 3. The summed E-state index contributed by atoms with van der Waals surface area (Å²) in [6, 6.07) is 0. The van der Waals surface area contributed by atoms with Crippen molar-refractivity contribution < 1.29 is 28.6 Å². The zero-order valence-electron chi connectivity index (χ0n) is 15.3. The van der Waals surface area contributed by atoms with Crippen molar-refractivity contribution in [3.05, 3.63) is 0 Å². The van der Waals surface area contributed by atoms with Crippen LogP contribution in [-0.2, 0) is 28.6 Å². The van der Waals surface area contributed by atoms with E-state index >= 15 is 0 Å². The van der Waals surface area contributed by atoms with E-state index in [0.29, 0.717) is 15.5 Å². The van der Waals surface area contributed by atoms with Crippen LogP contribution >= 0.6 is 35.3 Å². The third-order valence-corrected chi connectivity index (χ3v) is 4.91. The lowest BCUT2D eigenvalue weighted by atomic mass is 10.8. The molecule has 0 amide bonds. The summed E-state index contributed by atoms with van der Waals surface area (Å²) in [7, 11) is 0. The second-order valence-electron chi connectivity index (χ2n) is 4.46. The van der Waals surface area contributed by atoms with Crippen LogP contribution in [0.1, 0.15) is 20.8 Å². The van der Waals surface area contributed by atoms with Gasteiger partial charge in [-0.1, -0.05) is 35.3 Å². The average Bonchev–Trinajstić information content (AvgIpc) is 2.64. The number of hydrogen-bond donors (Lipinski definition) is 0. The molecule has 0 unspecified atom stereocenters. The number of carbonyl (C=O) groups is 3. The lowest BCUT2D eigenvalue weighted by Crippen LogP contribution is -2.10. The van der Waals surface area contributed by atoms with Crippen LogP contribution in [0.2, 0.25) is 0 Å². The molecule has 12 heteroatoms. The van der Waals surface area contributed by atoms with Gasteiger partial charge in [0.2, 0.25) is 0 Å². The van der Waals surface area contributed by atoms with Gasteiger partial charge in [0.1, 0.15) is 0 Å². The first-order valence-electron chi connectivity index (χ1n) is 8.09. The summed E-state index contributed by atoms with van der Waals surface area (Å²) in [5.74, 6) is -1.02. The van der Waals surface area contributed by atoms with Crippen molar-refractivity contribution in [1.29, 1.82) is 0 Å². The van der Waals surface area contributed by atoms with E-state index in [1.54, 1.807) is 20.8 Å². The Morgan fingerprint density at radius 1 is 0.630 bits per heavy atom. The molecule has 0 fully saturated rings. The van der Waals surface area contributed by atoms with Crippen LogP contribution in [0, 0.1) is 0 Å². The number of ether oxygens (including phenoxy) is 3. The fourth-order valence-electron chi connectivity index (χ4n) is 1.49. The highest BCUT2D eigenvalue weighted by Crippen LogP contribution is 2.23. The van der Waals surface area contributed by atoms with E-state index in [2.05, 4.69) is 15.0 Å². The predicted octanol–water partition coefficient (Wildman–Crippen LogP) is 1.84. The number of nitrogens with zero attached hydrogens (tertiary/aromatic N) is 3. The van der Waals surface area contributed by atoms with Gasteiger partial charge in [-0.3, -0.25) is 14.4 Å². The fraction of sp³-hybridized carbons (Fsp3) is 0.600. The molecule has 0 spiro atoms. The second kappa shape index (κ2) is 13.6. The Kier molecular flexibility index (Phi) is 11.9. The van der Waals surface area contributed by atoms with Crippen molar-refractivity contribution >= 4 is 53.2 Å². The smallest absolute Gasteiger partial charge is 0.316 e. The SMILES string of the molecule is CCOC(=O)CSc1nc(SCC(=O)OCC)nc(SCC(=O)OCC)n1. The Balaban J connectivity index is 2.81. The fourth-order valence-corrected chi connectivity index (χ4v) is 3.56. The molecule has 1 heterocycles. The van der Waals surface area contributed by atoms with Crippen molar-refractivity contribution in [2.24, 2.45) is 0 Å². The van der Waals surface area contributed by atoms with Crippen LogP contribution in [0.15, 0.2) is 15.5 Å². The molecule has 9 nitrogen and oxygen atoms in total. The first-order valence-corrected chi connectivity index (χ1v) is 11.0. The highest BCUT2D eigenvalue weighted by atomic mass is 32.2. The van der Waals surface area contributed by atoms with Crippen LogP contribution in [0.5, 0.6) is 0 Å². The quantitative estimate of drug-likeness (QED) is 0.271. The maximum atomic E-state index is 11.5. The third kappa shape index (κ3) is 10.4. The molecule has 0 N–H and O–H groups in total. The van der Waals surface area contributed by atoms with Crippen LogP contribution < -0.4 is 0 Å². The minimum absolute atomic E-state index is 0.0435. The maximum Gasteiger partial charge on any atom is 0.316 e. The Morgan fingerprint density at radius 2 is 0.889 bits per heavy atom. The topological polar surface area (TPSA) is 118 Å². The van der Waals surface area contributed by atoms with E-state index < -0.39 is 0 Å². The van der Waals surface area contributed by atoms with Gasteiger partial charge in [0.25, 0.3) is 0 Å². The molecule has 0 aliphatic rings. The van der Waals surface area contributed by atoms with Crippen LogP contribution in [0.4, 0.5) is 0 Å². The normalized spacial score (nSPS) is 10.3. The van der Waals surface area contributed by atoms with Crippen molar-refractivity contribution in [2.75, 3.05) is 37.1 Å². The van der Waals surface area contributed by atoms with Gasteiger partial charge in [-0.15, -0.1) is 0 Å². The van der Waals surface area contributed by atoms with Crippen molar-refractivity contribution in [2.45, 2.75) is 36.2 Å². The zero-order valence-corrected chi connectivity index (χ0v) is 17.7. The van der Waals surface area contributed by atoms with Crippen molar-refractivity contribution in [3.8, 4) is 0 Å². The Bertz CT molecular complexity index is 549. The van der Waals surface area contributed by atoms with Gasteiger partial charge in [0.05, 0.1) is 37.1 Å². The predicted molar refractivity (Wildman–Crippen MR) is 102 cm³/mol. The molecule has 1 rings (SSSR count). The number of thioether (sulfide) groups is 3. The molecule has 0 aromatic carbocycles. The lowest BCUT2D eigenvalue weighted by molar-refractivity contribution is -0.140. The highest BCUT2D eigenvalue weighted by Gasteiger charge is 2.14. The molecule has 0 saturated carbocycles. The molecule has 0 bridgehead atoms. The standard InChI is InChI=1S/C15H21N3O6S3/c1-4-22-10(19)7-25-13-16-14(26-8-11(20)23-5-2)18-15(17-13)27-9-12(21)24-6-3/h4-9H2,1-3H3. The zero-order chi connectivity index (χ0) is 20.1. The molecule has 0 saturated heterocycles. The number of aromatic nitrogens is 3. The van der Waals surface area contributed by atoms with E-state index in [-0.39, 0.29) is 55.0 Å². The van der Waals surface area contributed by atoms with Crippen LogP contribution in [0.3, 0.4) is 0 Å². The van der Waals surface area contributed by atoms with Gasteiger partial charge in [-0.25, -0.2) is 0 Å². The lowest BCUT2D eigenvalue weighted by Gasteiger charge is -2.07. The molecule has 0 aliphatic carbocycles. The van der Waals surface area contributed by atoms with Gasteiger partial charge in [-0.2, -0.15) is 15.0 Å². The Morgan fingerprint density at radius 3 is 1.11 bits per heavy atom. The number of rotatable bonds is 12. The molecule has 1 aromatic heterocycles. The number of carbonyl (C=O) groups excluding carboxylic acids is 3. The number of hydrogen-bond acceptors (Lipinski definition) is 12. The van der Waals surface area contributed by atoms with E-state index in [0.717, 1.165) is 35.3 Å². The maximum absolute atomic E-state index is 11.5. The summed E-state index contributed by atoms with van der Waals surface area (Å²) >= 11 is 3.27. The Labute approximate surface area is 170 Å². The first-order chi connectivity index (χ1) is 13.0. The molecule has 27 heavy (non-hydrogen) atoms. The second-order valence-corrected chi connectivity index (χ2v) is 7.29. The summed E-state index contributed by atoms with van der Waals surface area (Å²) in [5, 5.41) is 0.905. The van der Waals surface area contributed by atoms with Crippen molar-refractivity contribution in [1.82, 2.24) is 15.0 Å². The van der Waals surface area contributed by atoms with E-state index in [1.165, 1.54) is 0 Å².